The largest absolute Gasteiger partial charge is 0.480 e. The molecule has 1 aliphatic heterocycles. The lowest BCUT2D eigenvalue weighted by molar-refractivity contribution is -0.143. The third-order valence-electron chi connectivity index (χ3n) is 5.73. The Kier molecular flexibility index (Phi) is 3.35. The van der Waals surface area contributed by atoms with Crippen LogP contribution in [-0.2, 0) is 4.79 Å². The summed E-state index contributed by atoms with van der Waals surface area (Å²) in [5.41, 5.74) is 0.662. The van der Waals surface area contributed by atoms with Gasteiger partial charge in [-0.25, -0.2) is 0 Å². The number of hydrogen-bond acceptors (Lipinski definition) is 2. The van der Waals surface area contributed by atoms with Crippen molar-refractivity contribution in [3.8, 4) is 0 Å². The molecular weight excluding hydrogens is 226 g/mol. The van der Waals surface area contributed by atoms with Crippen LogP contribution < -0.4 is 0 Å². The van der Waals surface area contributed by atoms with Crippen LogP contribution in [-0.4, -0.2) is 34.6 Å². The maximum absolute atomic E-state index is 11.3. The number of likely N-dealkylation sites (tertiary alicyclic amines) is 1. The van der Waals surface area contributed by atoms with Gasteiger partial charge in [0, 0.05) is 6.04 Å². The molecule has 18 heavy (non-hydrogen) atoms. The molecule has 0 aromatic heterocycles. The van der Waals surface area contributed by atoms with E-state index < -0.39 is 5.97 Å². The summed E-state index contributed by atoms with van der Waals surface area (Å²) in [7, 11) is 0. The van der Waals surface area contributed by atoms with Gasteiger partial charge in [0.05, 0.1) is 0 Å². The molecule has 2 aliphatic carbocycles. The Hall–Kier alpha value is -0.570. The lowest BCUT2D eigenvalue weighted by Crippen LogP contribution is -2.46. The van der Waals surface area contributed by atoms with Crippen LogP contribution in [0.1, 0.15) is 64.2 Å². The van der Waals surface area contributed by atoms with E-state index in [-0.39, 0.29) is 6.04 Å². The van der Waals surface area contributed by atoms with Crippen LogP contribution >= 0.6 is 0 Å². The molecule has 0 aromatic carbocycles. The molecule has 2 saturated carbocycles. The highest BCUT2D eigenvalue weighted by molar-refractivity contribution is 5.73. The zero-order valence-electron chi connectivity index (χ0n) is 11.2. The van der Waals surface area contributed by atoms with Gasteiger partial charge in [-0.15, -0.1) is 0 Å². The summed E-state index contributed by atoms with van der Waals surface area (Å²) in [5.74, 6) is -0.603. The highest BCUT2D eigenvalue weighted by Crippen LogP contribution is 2.50. The molecule has 3 aliphatic rings. The minimum absolute atomic E-state index is 0.187. The van der Waals surface area contributed by atoms with Gasteiger partial charge >= 0.3 is 5.97 Å². The lowest BCUT2D eigenvalue weighted by Gasteiger charge is -2.41. The number of carboxylic acids is 1. The number of aliphatic carboxylic acids is 1. The molecule has 0 amide bonds. The summed E-state index contributed by atoms with van der Waals surface area (Å²) in [6.07, 6.45) is 12.8. The normalized spacial score (nSPS) is 33.2. The molecule has 3 heteroatoms. The molecule has 1 atom stereocenters. The fraction of sp³-hybridized carbons (Fsp3) is 0.933. The Morgan fingerprint density at radius 3 is 2.28 bits per heavy atom. The Bertz CT molecular complexity index is 312. The SMILES string of the molecule is O=C(O)C1CCCN1C1CCC2(CCCC2)CC1. The molecule has 3 fully saturated rings. The first-order valence-corrected chi connectivity index (χ1v) is 7.69. The van der Waals surface area contributed by atoms with E-state index in [2.05, 4.69) is 4.90 Å². The van der Waals surface area contributed by atoms with Gasteiger partial charge in [0.1, 0.15) is 6.04 Å². The number of carbonyl (C=O) groups is 1. The van der Waals surface area contributed by atoms with Crippen molar-refractivity contribution in [3.05, 3.63) is 0 Å². The average Bonchev–Trinajstić information content (AvgIpc) is 3.00. The van der Waals surface area contributed by atoms with Crippen LogP contribution in [0.15, 0.2) is 0 Å². The van der Waals surface area contributed by atoms with Crippen molar-refractivity contribution in [1.29, 1.82) is 0 Å². The van der Waals surface area contributed by atoms with E-state index in [1.807, 2.05) is 0 Å². The second kappa shape index (κ2) is 4.84. The molecule has 1 unspecified atom stereocenters. The van der Waals surface area contributed by atoms with Gasteiger partial charge in [-0.05, 0) is 63.3 Å². The van der Waals surface area contributed by atoms with Gasteiger partial charge in [0.2, 0.25) is 0 Å². The van der Waals surface area contributed by atoms with E-state index in [1.165, 1.54) is 51.4 Å². The predicted octanol–water partition coefficient (Wildman–Crippen LogP) is 3.04. The molecule has 0 radical (unpaired) electrons. The highest BCUT2D eigenvalue weighted by atomic mass is 16.4. The molecular formula is C15H25NO2. The molecule has 1 saturated heterocycles. The fourth-order valence-corrected chi connectivity index (χ4v) is 4.66. The summed E-state index contributed by atoms with van der Waals surface area (Å²) < 4.78 is 0. The highest BCUT2D eigenvalue weighted by Gasteiger charge is 2.42. The molecule has 102 valence electrons. The van der Waals surface area contributed by atoms with Crippen LogP contribution in [0.2, 0.25) is 0 Å². The molecule has 1 spiro atoms. The van der Waals surface area contributed by atoms with Gasteiger partial charge in [-0.2, -0.15) is 0 Å². The second-order valence-corrected chi connectivity index (χ2v) is 6.67. The predicted molar refractivity (Wildman–Crippen MR) is 70.5 cm³/mol. The first-order valence-electron chi connectivity index (χ1n) is 7.69. The van der Waals surface area contributed by atoms with Gasteiger partial charge in [0.15, 0.2) is 0 Å². The summed E-state index contributed by atoms with van der Waals surface area (Å²) in [6, 6.07) is 0.368. The Morgan fingerprint density at radius 2 is 1.67 bits per heavy atom. The van der Waals surface area contributed by atoms with E-state index in [0.29, 0.717) is 11.5 Å². The van der Waals surface area contributed by atoms with Gasteiger partial charge < -0.3 is 5.11 Å². The van der Waals surface area contributed by atoms with Crippen molar-refractivity contribution in [2.75, 3.05) is 6.54 Å². The smallest absolute Gasteiger partial charge is 0.320 e. The van der Waals surface area contributed by atoms with Crippen LogP contribution in [0.25, 0.3) is 0 Å². The topological polar surface area (TPSA) is 40.5 Å². The molecule has 0 bridgehead atoms. The van der Waals surface area contributed by atoms with Gasteiger partial charge in [-0.3, -0.25) is 9.69 Å². The van der Waals surface area contributed by atoms with Gasteiger partial charge in [0.25, 0.3) is 0 Å². The number of carboxylic acid groups (broad SMARTS) is 1. The Labute approximate surface area is 110 Å². The standard InChI is InChI=1S/C15H25NO2/c17-14(18)13-4-3-11-16(13)12-5-9-15(10-6-12)7-1-2-8-15/h12-13H,1-11H2,(H,17,18). The van der Waals surface area contributed by atoms with Crippen molar-refractivity contribution < 1.29 is 9.90 Å². The average molecular weight is 251 g/mol. The quantitative estimate of drug-likeness (QED) is 0.820. The Balaban J connectivity index is 1.60. The van der Waals surface area contributed by atoms with Crippen LogP contribution in [0.3, 0.4) is 0 Å². The molecule has 3 nitrogen and oxygen atoms in total. The van der Waals surface area contributed by atoms with Gasteiger partial charge in [-0.1, -0.05) is 12.8 Å². The first kappa shape index (κ1) is 12.5. The van der Waals surface area contributed by atoms with Crippen molar-refractivity contribution in [1.82, 2.24) is 4.90 Å². The van der Waals surface area contributed by atoms with Crippen LogP contribution in [0.4, 0.5) is 0 Å². The summed E-state index contributed by atoms with van der Waals surface area (Å²) >= 11 is 0. The third kappa shape index (κ3) is 2.18. The fourth-order valence-electron chi connectivity index (χ4n) is 4.66. The zero-order valence-corrected chi connectivity index (χ0v) is 11.2. The monoisotopic (exact) mass is 251 g/mol. The number of rotatable bonds is 2. The lowest BCUT2D eigenvalue weighted by atomic mass is 9.71. The third-order valence-corrected chi connectivity index (χ3v) is 5.73. The summed E-state index contributed by atoms with van der Waals surface area (Å²) in [5, 5.41) is 9.28. The molecule has 0 aromatic rings. The van der Waals surface area contributed by atoms with E-state index in [4.69, 9.17) is 0 Å². The second-order valence-electron chi connectivity index (χ2n) is 6.67. The number of nitrogens with zero attached hydrogens (tertiary/aromatic N) is 1. The zero-order chi connectivity index (χ0) is 12.6. The van der Waals surface area contributed by atoms with E-state index in [9.17, 15) is 9.90 Å². The molecule has 1 N–H and O–H groups in total. The minimum Gasteiger partial charge on any atom is -0.480 e. The van der Waals surface area contributed by atoms with Crippen molar-refractivity contribution >= 4 is 5.97 Å². The van der Waals surface area contributed by atoms with Crippen molar-refractivity contribution in [2.24, 2.45) is 5.41 Å². The maximum atomic E-state index is 11.3. The van der Waals surface area contributed by atoms with Crippen LogP contribution in [0.5, 0.6) is 0 Å². The minimum atomic E-state index is -0.603. The van der Waals surface area contributed by atoms with Crippen molar-refractivity contribution in [2.45, 2.75) is 76.3 Å². The van der Waals surface area contributed by atoms with E-state index in [1.54, 1.807) is 0 Å². The molecule has 1 heterocycles. The van der Waals surface area contributed by atoms with Crippen molar-refractivity contribution in [3.63, 3.8) is 0 Å². The Morgan fingerprint density at radius 1 is 1.00 bits per heavy atom. The summed E-state index contributed by atoms with van der Waals surface area (Å²) in [6.45, 7) is 1.01. The van der Waals surface area contributed by atoms with E-state index in [0.717, 1.165) is 19.4 Å². The first-order chi connectivity index (χ1) is 8.70. The maximum Gasteiger partial charge on any atom is 0.320 e. The van der Waals surface area contributed by atoms with Crippen LogP contribution in [0, 0.1) is 5.41 Å². The number of hydrogen-bond donors (Lipinski definition) is 1. The molecule has 3 rings (SSSR count). The van der Waals surface area contributed by atoms with E-state index >= 15 is 0 Å². The summed E-state index contributed by atoms with van der Waals surface area (Å²) in [4.78, 5) is 13.6.